The van der Waals surface area contributed by atoms with E-state index in [9.17, 15) is 19.5 Å². The quantitative estimate of drug-likeness (QED) is 0.256. The van der Waals surface area contributed by atoms with Gasteiger partial charge in [-0.3, -0.25) is 24.0 Å². The van der Waals surface area contributed by atoms with Crippen LogP contribution in [0, 0.1) is 5.92 Å². The molecule has 2 heterocycles. The third kappa shape index (κ3) is 9.36. The molecule has 0 radical (unpaired) electrons. The van der Waals surface area contributed by atoms with Crippen molar-refractivity contribution in [1.29, 1.82) is 0 Å². The smallest absolute Gasteiger partial charge is 0.270 e. The first-order chi connectivity index (χ1) is 21.3. The number of rotatable bonds is 13. The van der Waals surface area contributed by atoms with Crippen molar-refractivity contribution in [3.8, 4) is 0 Å². The molecule has 1 saturated carbocycles. The van der Waals surface area contributed by atoms with Gasteiger partial charge >= 0.3 is 0 Å². The molecule has 2 fully saturated rings. The Hall–Kier alpha value is -3.28. The Labute approximate surface area is 261 Å². The lowest BCUT2D eigenvalue weighted by atomic mass is 9.91. The van der Waals surface area contributed by atoms with E-state index in [1.54, 1.807) is 16.9 Å². The van der Waals surface area contributed by atoms with Gasteiger partial charge in [0.1, 0.15) is 18.0 Å². The van der Waals surface area contributed by atoms with Crippen molar-refractivity contribution in [2.75, 3.05) is 33.2 Å². The summed E-state index contributed by atoms with van der Waals surface area (Å²) in [5.74, 6) is -0.447. The predicted molar refractivity (Wildman–Crippen MR) is 170 cm³/mol. The van der Waals surface area contributed by atoms with Crippen LogP contribution in [0.5, 0.6) is 0 Å². The maximum Gasteiger partial charge on any atom is 0.270 e. The van der Waals surface area contributed by atoms with Crippen molar-refractivity contribution in [2.45, 2.75) is 96.6 Å². The molecule has 0 spiro atoms. The zero-order valence-electron chi connectivity index (χ0n) is 26.6. The largest absolute Gasteiger partial charge is 0.376 e. The fourth-order valence-electron chi connectivity index (χ4n) is 6.26. The minimum Gasteiger partial charge on any atom is -0.376 e. The third-order valence-electron chi connectivity index (χ3n) is 9.07. The molecule has 1 aliphatic heterocycles. The van der Waals surface area contributed by atoms with E-state index >= 15 is 0 Å². The summed E-state index contributed by atoms with van der Waals surface area (Å²) >= 11 is 0. The number of nitrogens with one attached hydrogen (secondary N) is 3. The Bertz CT molecular complexity index is 1200. The van der Waals surface area contributed by atoms with Gasteiger partial charge in [-0.2, -0.15) is 5.10 Å². The minimum atomic E-state index is -0.773. The third-order valence-corrected chi connectivity index (χ3v) is 9.07. The molecule has 11 heteroatoms. The molecule has 2 aromatic rings. The normalized spacial score (nSPS) is 19.0. The van der Waals surface area contributed by atoms with Crippen molar-refractivity contribution in [3.05, 3.63) is 53.3 Å². The number of carbonyl (C=O) groups excluding carboxylic acids is 3. The lowest BCUT2D eigenvalue weighted by molar-refractivity contribution is -0.125. The molecule has 11 nitrogen and oxygen atoms in total. The molecule has 242 valence electrons. The van der Waals surface area contributed by atoms with E-state index in [1.807, 2.05) is 43.0 Å². The van der Waals surface area contributed by atoms with Crippen LogP contribution >= 0.6 is 0 Å². The molecule has 4 rings (SSSR count). The summed E-state index contributed by atoms with van der Waals surface area (Å²) in [6.45, 7) is 7.91. The number of aryl methyl sites for hydroxylation is 1. The van der Waals surface area contributed by atoms with E-state index < -0.39 is 18.3 Å². The topological polar surface area (TPSA) is 132 Å². The summed E-state index contributed by atoms with van der Waals surface area (Å²) in [6.07, 6.45) is 7.94. The fourth-order valence-corrected chi connectivity index (χ4v) is 6.26. The number of aliphatic hydroxyl groups is 1. The summed E-state index contributed by atoms with van der Waals surface area (Å²) in [4.78, 5) is 43.3. The lowest BCUT2D eigenvalue weighted by Crippen LogP contribution is -2.57. The standard InChI is InChI=1S/C33H51N7O4/c1-4-29(41)36-27(33(44)39-20-18-38(3)19-21-39)22-24-12-14-25(15-13-24)23-34-32(43)30(26-10-8-6-7-9-11-26)37-31(42)28-16-17-35-40(28)5-2/h12-17,26-27,30,33,44H,4-11,18-23H2,1-3H3,(H,34,43)(H,36,41)(H,37,42)/t27-,30+,33?/m1/s1. The molecule has 3 amide bonds. The highest BCUT2D eigenvalue weighted by Gasteiger charge is 2.32. The summed E-state index contributed by atoms with van der Waals surface area (Å²) in [6, 6.07) is 8.55. The predicted octanol–water partition coefficient (Wildman–Crippen LogP) is 2.29. The number of nitrogens with zero attached hydrogens (tertiary/aromatic N) is 4. The van der Waals surface area contributed by atoms with E-state index in [2.05, 4.69) is 33.0 Å². The first-order valence-electron chi connectivity index (χ1n) is 16.4. The average molecular weight is 610 g/mol. The summed E-state index contributed by atoms with van der Waals surface area (Å²) < 4.78 is 1.64. The average Bonchev–Trinajstić information content (AvgIpc) is 3.37. The maximum absolute atomic E-state index is 13.6. The zero-order chi connectivity index (χ0) is 31.5. The highest BCUT2D eigenvalue weighted by atomic mass is 16.3. The summed E-state index contributed by atoms with van der Waals surface area (Å²) in [5.41, 5.74) is 2.39. The molecule has 1 aromatic heterocycles. The van der Waals surface area contributed by atoms with Crippen LogP contribution in [0.3, 0.4) is 0 Å². The van der Waals surface area contributed by atoms with Crippen LogP contribution in [0.2, 0.25) is 0 Å². The van der Waals surface area contributed by atoms with Crippen molar-refractivity contribution >= 4 is 17.7 Å². The number of carbonyl (C=O) groups is 3. The molecular formula is C33H51N7O4. The van der Waals surface area contributed by atoms with Crippen LogP contribution in [0.15, 0.2) is 36.5 Å². The van der Waals surface area contributed by atoms with E-state index in [4.69, 9.17) is 0 Å². The van der Waals surface area contributed by atoms with E-state index in [-0.39, 0.29) is 23.6 Å². The number of likely N-dealkylation sites (N-methyl/N-ethyl adjacent to an activating group) is 1. The monoisotopic (exact) mass is 609 g/mol. The number of aliphatic hydroxyl groups excluding tert-OH is 1. The van der Waals surface area contributed by atoms with Crippen LogP contribution in [0.4, 0.5) is 0 Å². The van der Waals surface area contributed by atoms with Gasteiger partial charge in [0.2, 0.25) is 11.8 Å². The molecule has 3 atom stereocenters. The lowest BCUT2D eigenvalue weighted by Gasteiger charge is -2.39. The van der Waals surface area contributed by atoms with Gasteiger partial charge in [-0.1, -0.05) is 56.9 Å². The van der Waals surface area contributed by atoms with Gasteiger partial charge in [0.05, 0.1) is 6.04 Å². The van der Waals surface area contributed by atoms with E-state index in [0.29, 0.717) is 31.6 Å². The number of hydrogen-bond donors (Lipinski definition) is 4. The van der Waals surface area contributed by atoms with Gasteiger partial charge in [-0.25, -0.2) is 0 Å². The second-order valence-corrected chi connectivity index (χ2v) is 12.3. The first-order valence-corrected chi connectivity index (χ1v) is 16.4. The Balaban J connectivity index is 1.38. The van der Waals surface area contributed by atoms with Gasteiger partial charge in [-0.15, -0.1) is 0 Å². The van der Waals surface area contributed by atoms with Crippen LogP contribution < -0.4 is 16.0 Å². The second-order valence-electron chi connectivity index (χ2n) is 12.3. The van der Waals surface area contributed by atoms with Crippen molar-refractivity contribution < 1.29 is 19.5 Å². The van der Waals surface area contributed by atoms with Gasteiger partial charge in [0, 0.05) is 51.9 Å². The van der Waals surface area contributed by atoms with Gasteiger partial charge < -0.3 is 26.0 Å². The van der Waals surface area contributed by atoms with Crippen LogP contribution in [-0.2, 0) is 29.1 Å². The van der Waals surface area contributed by atoms with Gasteiger partial charge in [0.15, 0.2) is 0 Å². The summed E-state index contributed by atoms with van der Waals surface area (Å²) in [7, 11) is 2.07. The van der Waals surface area contributed by atoms with Crippen LogP contribution in [-0.4, -0.2) is 93.9 Å². The molecule has 4 N–H and O–H groups in total. The molecule has 0 bridgehead atoms. The molecule has 1 aromatic carbocycles. The number of amides is 3. The fraction of sp³-hybridized carbons (Fsp3) is 0.636. The second kappa shape index (κ2) is 16.7. The maximum atomic E-state index is 13.6. The van der Waals surface area contributed by atoms with Crippen LogP contribution in [0.25, 0.3) is 0 Å². The first kappa shape index (κ1) is 33.6. The van der Waals surface area contributed by atoms with E-state index in [1.165, 1.54) is 0 Å². The van der Waals surface area contributed by atoms with Gasteiger partial charge in [0.25, 0.3) is 5.91 Å². The molecule has 1 unspecified atom stereocenters. The Morgan fingerprint density at radius 1 is 0.932 bits per heavy atom. The van der Waals surface area contributed by atoms with E-state index in [0.717, 1.165) is 75.8 Å². The highest BCUT2D eigenvalue weighted by molar-refractivity contribution is 5.96. The van der Waals surface area contributed by atoms with Gasteiger partial charge in [-0.05, 0) is 56.3 Å². The molecule has 1 aliphatic carbocycles. The Morgan fingerprint density at radius 2 is 1.59 bits per heavy atom. The SMILES string of the molecule is CCC(=O)N[C@H](Cc1ccc(CNC(=O)[C@@H](NC(=O)c2ccnn2CC)C2CCCCCC2)cc1)C(O)N1CCN(C)CC1. The minimum absolute atomic E-state index is 0.0861. The molecule has 2 aliphatic rings. The Morgan fingerprint density at radius 3 is 2.23 bits per heavy atom. The number of piperazine rings is 1. The van der Waals surface area contributed by atoms with Crippen molar-refractivity contribution in [1.82, 2.24) is 35.5 Å². The number of aromatic nitrogens is 2. The van der Waals surface area contributed by atoms with Crippen LogP contribution in [0.1, 0.15) is 80.4 Å². The zero-order valence-corrected chi connectivity index (χ0v) is 26.6. The van der Waals surface area contributed by atoms with Crippen molar-refractivity contribution in [2.24, 2.45) is 5.92 Å². The molecule has 1 saturated heterocycles. The molecular weight excluding hydrogens is 558 g/mol. The Kier molecular flexibility index (Phi) is 12.8. The van der Waals surface area contributed by atoms with Crippen molar-refractivity contribution in [3.63, 3.8) is 0 Å². The molecule has 44 heavy (non-hydrogen) atoms. The highest BCUT2D eigenvalue weighted by Crippen LogP contribution is 2.26. The number of benzene rings is 1. The summed E-state index contributed by atoms with van der Waals surface area (Å²) in [5, 5.41) is 24.5. The number of hydrogen-bond acceptors (Lipinski definition) is 7.